The van der Waals surface area contributed by atoms with Crippen LogP contribution in [0.1, 0.15) is 39.7 Å². The zero-order valence-corrected chi connectivity index (χ0v) is 21.1. The summed E-state index contributed by atoms with van der Waals surface area (Å²) in [4.78, 5) is 27.7. The Morgan fingerprint density at radius 3 is 2.19 bits per heavy atom. The molecule has 2 aromatic carbocycles. The first-order valence-electron chi connectivity index (χ1n) is 9.94. The van der Waals surface area contributed by atoms with Gasteiger partial charge in [0.25, 0.3) is 5.91 Å². The summed E-state index contributed by atoms with van der Waals surface area (Å²) in [6, 6.07) is 11.6. The molecule has 0 fully saturated rings. The van der Waals surface area contributed by atoms with Crippen LogP contribution in [0, 0.1) is 0 Å². The molecule has 0 saturated carbocycles. The molecule has 5 nitrogen and oxygen atoms in total. The first kappa shape index (κ1) is 25.5. The summed E-state index contributed by atoms with van der Waals surface area (Å²) in [5, 5.41) is 3.83. The molecule has 0 heterocycles. The zero-order valence-electron chi connectivity index (χ0n) is 18.0. The maximum atomic E-state index is 13.2. The molecule has 0 aliphatic heterocycles. The number of halogens is 3. The Bertz CT molecular complexity index is 894. The van der Waals surface area contributed by atoms with E-state index in [0.29, 0.717) is 27.8 Å². The molecule has 0 saturated heterocycles. The van der Waals surface area contributed by atoms with E-state index in [1.54, 1.807) is 30.3 Å². The van der Waals surface area contributed by atoms with Crippen LogP contribution in [0.3, 0.4) is 0 Å². The molecule has 0 radical (unpaired) electrons. The van der Waals surface area contributed by atoms with Crippen LogP contribution in [0.5, 0.6) is 5.75 Å². The molecule has 2 rings (SSSR count). The van der Waals surface area contributed by atoms with Crippen molar-refractivity contribution >= 4 is 50.9 Å². The third kappa shape index (κ3) is 7.70. The van der Waals surface area contributed by atoms with Gasteiger partial charge in [0.05, 0.1) is 0 Å². The van der Waals surface area contributed by atoms with Gasteiger partial charge in [0.15, 0.2) is 6.61 Å². The predicted molar refractivity (Wildman–Crippen MR) is 129 cm³/mol. The maximum absolute atomic E-state index is 13.2. The molecule has 0 aliphatic rings. The second-order valence-corrected chi connectivity index (χ2v) is 9.86. The second-order valence-electron chi connectivity index (χ2n) is 8.13. The standard InChI is InChI=1S/C23H27BrCl2N2O3/c1-5-20(22(30)27-23(2,3)4)28(13-17-18(25)7-6-8-19(17)26)21(29)14-31-16-11-9-15(24)10-12-16/h6-12,20H,5,13-14H2,1-4H3,(H,27,30). The van der Waals surface area contributed by atoms with Crippen molar-refractivity contribution in [2.75, 3.05) is 6.61 Å². The fourth-order valence-electron chi connectivity index (χ4n) is 2.98. The molecule has 1 unspecified atom stereocenters. The molecule has 0 bridgehead atoms. The van der Waals surface area contributed by atoms with Gasteiger partial charge in [-0.3, -0.25) is 9.59 Å². The lowest BCUT2D eigenvalue weighted by molar-refractivity contribution is -0.143. The van der Waals surface area contributed by atoms with Crippen LogP contribution in [0.15, 0.2) is 46.9 Å². The van der Waals surface area contributed by atoms with E-state index >= 15 is 0 Å². The molecule has 0 spiro atoms. The molecule has 168 valence electrons. The second kappa shape index (κ2) is 11.2. The monoisotopic (exact) mass is 528 g/mol. The molecule has 2 aromatic rings. The van der Waals surface area contributed by atoms with Crippen molar-refractivity contribution in [3.63, 3.8) is 0 Å². The van der Waals surface area contributed by atoms with Crippen molar-refractivity contribution in [2.45, 2.75) is 52.2 Å². The van der Waals surface area contributed by atoms with E-state index in [9.17, 15) is 9.59 Å². The smallest absolute Gasteiger partial charge is 0.261 e. The molecular formula is C23H27BrCl2N2O3. The van der Waals surface area contributed by atoms with E-state index in [-0.39, 0.29) is 25.0 Å². The Morgan fingerprint density at radius 1 is 1.10 bits per heavy atom. The Kier molecular flexibility index (Phi) is 9.22. The van der Waals surface area contributed by atoms with Crippen LogP contribution >= 0.6 is 39.1 Å². The number of carbonyl (C=O) groups is 2. The number of benzene rings is 2. The van der Waals surface area contributed by atoms with Crippen LogP contribution in [0.4, 0.5) is 0 Å². The Morgan fingerprint density at radius 2 is 1.68 bits per heavy atom. The van der Waals surface area contributed by atoms with Crippen LogP contribution in [-0.2, 0) is 16.1 Å². The van der Waals surface area contributed by atoms with Gasteiger partial charge in [0.1, 0.15) is 11.8 Å². The number of hydrogen-bond donors (Lipinski definition) is 1. The van der Waals surface area contributed by atoms with E-state index in [1.165, 1.54) is 4.90 Å². The minimum absolute atomic E-state index is 0.0944. The number of nitrogens with zero attached hydrogens (tertiary/aromatic N) is 1. The average molecular weight is 530 g/mol. The summed E-state index contributed by atoms with van der Waals surface area (Å²) in [6.45, 7) is 7.42. The normalized spacial score (nSPS) is 12.2. The van der Waals surface area contributed by atoms with Crippen molar-refractivity contribution in [1.82, 2.24) is 10.2 Å². The summed E-state index contributed by atoms with van der Waals surface area (Å²) in [5.74, 6) is -0.0237. The fraction of sp³-hybridized carbons (Fsp3) is 0.391. The van der Waals surface area contributed by atoms with Crippen LogP contribution in [-0.4, -0.2) is 34.9 Å². The third-order valence-electron chi connectivity index (χ3n) is 4.45. The van der Waals surface area contributed by atoms with Gasteiger partial charge in [0, 0.05) is 32.2 Å². The van der Waals surface area contributed by atoms with E-state index < -0.39 is 11.6 Å². The van der Waals surface area contributed by atoms with Gasteiger partial charge in [-0.2, -0.15) is 0 Å². The SMILES string of the molecule is CCC(C(=O)NC(C)(C)C)N(Cc1c(Cl)cccc1Cl)C(=O)COc1ccc(Br)cc1. The van der Waals surface area contributed by atoms with E-state index in [4.69, 9.17) is 27.9 Å². The number of amides is 2. The van der Waals surface area contributed by atoms with Crippen LogP contribution in [0.2, 0.25) is 10.0 Å². The lowest BCUT2D eigenvalue weighted by atomic mass is 10.1. The molecule has 8 heteroatoms. The minimum Gasteiger partial charge on any atom is -0.484 e. The number of rotatable bonds is 8. The van der Waals surface area contributed by atoms with Gasteiger partial charge < -0.3 is 15.0 Å². The topological polar surface area (TPSA) is 58.6 Å². The van der Waals surface area contributed by atoms with Gasteiger partial charge >= 0.3 is 0 Å². The quantitative estimate of drug-likeness (QED) is 0.466. The molecule has 31 heavy (non-hydrogen) atoms. The highest BCUT2D eigenvalue weighted by atomic mass is 79.9. The molecule has 2 amide bonds. The lowest BCUT2D eigenvalue weighted by Crippen LogP contribution is -2.54. The highest BCUT2D eigenvalue weighted by Gasteiger charge is 2.31. The maximum Gasteiger partial charge on any atom is 0.261 e. The summed E-state index contributed by atoms with van der Waals surface area (Å²) in [7, 11) is 0. The van der Waals surface area contributed by atoms with Gasteiger partial charge in [-0.1, -0.05) is 52.1 Å². The minimum atomic E-state index is -0.701. The predicted octanol–water partition coefficient (Wildman–Crippen LogP) is 5.86. The lowest BCUT2D eigenvalue weighted by Gasteiger charge is -2.33. The van der Waals surface area contributed by atoms with Crippen molar-refractivity contribution in [2.24, 2.45) is 0 Å². The molecule has 0 aromatic heterocycles. The van der Waals surface area contributed by atoms with Crippen molar-refractivity contribution in [3.8, 4) is 5.75 Å². The van der Waals surface area contributed by atoms with Gasteiger partial charge in [-0.05, 0) is 63.6 Å². The van der Waals surface area contributed by atoms with Gasteiger partial charge in [-0.15, -0.1) is 0 Å². The molecule has 0 aliphatic carbocycles. The largest absolute Gasteiger partial charge is 0.484 e. The highest BCUT2D eigenvalue weighted by molar-refractivity contribution is 9.10. The first-order chi connectivity index (χ1) is 14.5. The molecule has 1 N–H and O–H groups in total. The summed E-state index contributed by atoms with van der Waals surface area (Å²) < 4.78 is 6.58. The molecular weight excluding hydrogens is 503 g/mol. The zero-order chi connectivity index (χ0) is 23.2. The number of nitrogens with one attached hydrogen (secondary N) is 1. The van der Waals surface area contributed by atoms with Crippen molar-refractivity contribution < 1.29 is 14.3 Å². The van der Waals surface area contributed by atoms with Crippen LogP contribution in [0.25, 0.3) is 0 Å². The van der Waals surface area contributed by atoms with E-state index in [1.807, 2.05) is 39.8 Å². The number of hydrogen-bond acceptors (Lipinski definition) is 3. The molecule has 1 atom stereocenters. The summed E-state index contributed by atoms with van der Waals surface area (Å²) in [5.41, 5.74) is 0.152. The Labute approximate surface area is 202 Å². The number of ether oxygens (including phenoxy) is 1. The van der Waals surface area contributed by atoms with Crippen molar-refractivity contribution in [1.29, 1.82) is 0 Å². The van der Waals surface area contributed by atoms with Gasteiger partial charge in [-0.25, -0.2) is 0 Å². The fourth-order valence-corrected chi connectivity index (χ4v) is 3.77. The van der Waals surface area contributed by atoms with Crippen LogP contribution < -0.4 is 10.1 Å². The first-order valence-corrected chi connectivity index (χ1v) is 11.5. The average Bonchev–Trinajstić information content (AvgIpc) is 2.68. The van der Waals surface area contributed by atoms with Gasteiger partial charge in [0.2, 0.25) is 5.91 Å². The van der Waals surface area contributed by atoms with E-state index in [0.717, 1.165) is 4.47 Å². The van der Waals surface area contributed by atoms with Crippen molar-refractivity contribution in [3.05, 3.63) is 62.5 Å². The summed E-state index contributed by atoms with van der Waals surface area (Å²) in [6.07, 6.45) is 0.425. The number of carbonyl (C=O) groups excluding carboxylic acids is 2. The van der Waals surface area contributed by atoms with E-state index in [2.05, 4.69) is 21.2 Å². The Balaban J connectivity index is 2.29. The Hall–Kier alpha value is -1.76. The third-order valence-corrected chi connectivity index (χ3v) is 5.69. The summed E-state index contributed by atoms with van der Waals surface area (Å²) >= 11 is 16.0. The highest BCUT2D eigenvalue weighted by Crippen LogP contribution is 2.27.